The first-order valence-corrected chi connectivity index (χ1v) is 11.3. The van der Waals surface area contributed by atoms with Gasteiger partial charge in [0.05, 0.1) is 11.5 Å². The van der Waals surface area contributed by atoms with Crippen molar-refractivity contribution < 1.29 is 9.90 Å². The maximum Gasteiger partial charge on any atom is 0.309 e. The summed E-state index contributed by atoms with van der Waals surface area (Å²) in [4.78, 5) is 12.2. The number of hydrogen-bond acceptors (Lipinski definition) is 2. The summed E-state index contributed by atoms with van der Waals surface area (Å²) >= 11 is 0. The van der Waals surface area contributed by atoms with Gasteiger partial charge in [-0.1, -0.05) is 58.3 Å². The standard InChI is InChI=1S/C23H39NO2/c1-2-3-4-5-6-7-8-9-19-14-16-23(17-15-19,22(25)26)21-12-10-20(18-24)11-13-21/h19-21H,2-17H2,1H3,(H,25,26). The number of carboxylic acid groups (broad SMARTS) is 1. The van der Waals surface area contributed by atoms with Gasteiger partial charge in [-0.25, -0.2) is 0 Å². The fraction of sp³-hybridized carbons (Fsp3) is 0.913. The van der Waals surface area contributed by atoms with Crippen LogP contribution in [0.2, 0.25) is 0 Å². The van der Waals surface area contributed by atoms with Crippen molar-refractivity contribution in [3.63, 3.8) is 0 Å². The summed E-state index contributed by atoms with van der Waals surface area (Å²) in [5, 5.41) is 19.1. The van der Waals surface area contributed by atoms with Crippen LogP contribution in [0.3, 0.4) is 0 Å². The third-order valence-corrected chi connectivity index (χ3v) is 7.33. The number of unbranched alkanes of at least 4 members (excludes halogenated alkanes) is 6. The largest absolute Gasteiger partial charge is 0.481 e. The van der Waals surface area contributed by atoms with Gasteiger partial charge in [-0.15, -0.1) is 0 Å². The zero-order valence-electron chi connectivity index (χ0n) is 16.8. The number of hydrogen-bond donors (Lipinski definition) is 1. The molecule has 2 aliphatic carbocycles. The second-order valence-electron chi connectivity index (χ2n) is 8.99. The highest BCUT2D eigenvalue weighted by Gasteiger charge is 2.48. The van der Waals surface area contributed by atoms with Gasteiger partial charge >= 0.3 is 5.97 Å². The van der Waals surface area contributed by atoms with E-state index in [0.717, 1.165) is 57.3 Å². The molecule has 0 aromatic carbocycles. The first-order chi connectivity index (χ1) is 12.6. The molecule has 0 heterocycles. The van der Waals surface area contributed by atoms with Gasteiger partial charge < -0.3 is 5.11 Å². The lowest BCUT2D eigenvalue weighted by atomic mass is 9.59. The maximum absolute atomic E-state index is 12.2. The van der Waals surface area contributed by atoms with Crippen LogP contribution in [-0.4, -0.2) is 11.1 Å². The summed E-state index contributed by atoms with van der Waals surface area (Å²) in [6, 6.07) is 2.37. The van der Waals surface area contributed by atoms with Crippen molar-refractivity contribution in [1.82, 2.24) is 0 Å². The van der Waals surface area contributed by atoms with Crippen LogP contribution in [0.15, 0.2) is 0 Å². The minimum atomic E-state index is -0.563. The van der Waals surface area contributed by atoms with E-state index < -0.39 is 11.4 Å². The van der Waals surface area contributed by atoms with Crippen molar-refractivity contribution in [2.45, 2.75) is 110 Å². The molecule has 0 unspecified atom stereocenters. The molecule has 3 nitrogen and oxygen atoms in total. The molecule has 2 fully saturated rings. The van der Waals surface area contributed by atoms with E-state index in [1.165, 1.54) is 51.4 Å². The van der Waals surface area contributed by atoms with E-state index in [0.29, 0.717) is 5.92 Å². The molecule has 0 atom stereocenters. The molecule has 3 heteroatoms. The summed E-state index contributed by atoms with van der Waals surface area (Å²) in [6.07, 6.45) is 18.4. The quantitative estimate of drug-likeness (QED) is 0.439. The molecule has 2 aliphatic rings. The lowest BCUT2D eigenvalue weighted by Crippen LogP contribution is -2.43. The van der Waals surface area contributed by atoms with Crippen LogP contribution in [0, 0.1) is 34.5 Å². The van der Waals surface area contributed by atoms with Crippen molar-refractivity contribution >= 4 is 5.97 Å². The van der Waals surface area contributed by atoms with E-state index in [1.807, 2.05) is 0 Å². The fourth-order valence-electron chi connectivity index (χ4n) is 5.44. The zero-order valence-corrected chi connectivity index (χ0v) is 16.8. The second kappa shape index (κ2) is 11.0. The third kappa shape index (κ3) is 5.73. The molecule has 0 aromatic rings. The van der Waals surface area contributed by atoms with Gasteiger partial charge in [0.15, 0.2) is 0 Å². The number of nitrogens with zero attached hydrogens (tertiary/aromatic N) is 1. The smallest absolute Gasteiger partial charge is 0.309 e. The highest BCUT2D eigenvalue weighted by atomic mass is 16.4. The number of aliphatic carboxylic acids is 1. The first kappa shape index (κ1) is 21.3. The van der Waals surface area contributed by atoms with Crippen molar-refractivity contribution in [3.8, 4) is 6.07 Å². The average Bonchev–Trinajstić information content (AvgIpc) is 2.68. The normalized spacial score (nSPS) is 32.1. The molecule has 0 aromatic heterocycles. The predicted octanol–water partition coefficient (Wildman–Crippen LogP) is 6.72. The number of nitriles is 1. The molecule has 0 spiro atoms. The van der Waals surface area contributed by atoms with Gasteiger partial charge in [0, 0.05) is 5.92 Å². The van der Waals surface area contributed by atoms with Crippen LogP contribution in [0.5, 0.6) is 0 Å². The molecule has 148 valence electrons. The van der Waals surface area contributed by atoms with E-state index >= 15 is 0 Å². The fourth-order valence-corrected chi connectivity index (χ4v) is 5.44. The Balaban J connectivity index is 1.72. The molecule has 0 saturated heterocycles. The number of rotatable bonds is 10. The van der Waals surface area contributed by atoms with E-state index in [4.69, 9.17) is 5.26 Å². The minimum absolute atomic E-state index is 0.158. The summed E-state index contributed by atoms with van der Waals surface area (Å²) < 4.78 is 0. The average molecular weight is 362 g/mol. The van der Waals surface area contributed by atoms with Gasteiger partial charge in [0.25, 0.3) is 0 Å². The molecule has 0 aliphatic heterocycles. The Morgan fingerprint density at radius 1 is 0.962 bits per heavy atom. The van der Waals surface area contributed by atoms with E-state index in [9.17, 15) is 9.90 Å². The Morgan fingerprint density at radius 3 is 2.08 bits per heavy atom. The van der Waals surface area contributed by atoms with E-state index in [-0.39, 0.29) is 5.92 Å². The van der Waals surface area contributed by atoms with Crippen LogP contribution in [0.4, 0.5) is 0 Å². The van der Waals surface area contributed by atoms with Crippen LogP contribution in [-0.2, 0) is 4.79 Å². The van der Waals surface area contributed by atoms with Gasteiger partial charge in [0.1, 0.15) is 0 Å². The molecule has 0 amide bonds. The van der Waals surface area contributed by atoms with Crippen molar-refractivity contribution in [3.05, 3.63) is 0 Å². The highest BCUT2D eigenvalue weighted by molar-refractivity contribution is 5.75. The second-order valence-corrected chi connectivity index (χ2v) is 8.99. The molecular formula is C23H39NO2. The first-order valence-electron chi connectivity index (χ1n) is 11.3. The zero-order chi connectivity index (χ0) is 18.8. The van der Waals surface area contributed by atoms with Gasteiger partial charge in [0.2, 0.25) is 0 Å². The molecule has 2 rings (SSSR count). The number of carboxylic acids is 1. The lowest BCUT2D eigenvalue weighted by molar-refractivity contribution is -0.157. The van der Waals surface area contributed by atoms with E-state index in [1.54, 1.807) is 0 Å². The molecule has 0 bridgehead atoms. The van der Waals surface area contributed by atoms with Crippen molar-refractivity contribution in [2.75, 3.05) is 0 Å². The molecule has 2 saturated carbocycles. The van der Waals surface area contributed by atoms with E-state index in [2.05, 4.69) is 13.0 Å². The SMILES string of the molecule is CCCCCCCCCC1CCC(C(=O)O)(C2CCC(C#N)CC2)CC1. The van der Waals surface area contributed by atoms with Crippen molar-refractivity contribution in [2.24, 2.45) is 23.2 Å². The number of carbonyl (C=O) groups is 1. The molecule has 26 heavy (non-hydrogen) atoms. The molecule has 0 radical (unpaired) electrons. The van der Waals surface area contributed by atoms with Crippen LogP contribution in [0.25, 0.3) is 0 Å². The lowest BCUT2D eigenvalue weighted by Gasteiger charge is -2.44. The monoisotopic (exact) mass is 361 g/mol. The van der Waals surface area contributed by atoms with Gasteiger partial charge in [-0.05, 0) is 63.2 Å². The summed E-state index contributed by atoms with van der Waals surface area (Å²) in [5.41, 5.74) is -0.489. The summed E-state index contributed by atoms with van der Waals surface area (Å²) in [6.45, 7) is 2.26. The van der Waals surface area contributed by atoms with Crippen LogP contribution < -0.4 is 0 Å². The Kier molecular flexibility index (Phi) is 8.96. The third-order valence-electron chi connectivity index (χ3n) is 7.33. The summed E-state index contributed by atoms with van der Waals surface area (Å²) in [5.74, 6) is 0.635. The van der Waals surface area contributed by atoms with Gasteiger partial charge in [-0.2, -0.15) is 5.26 Å². The molecular weight excluding hydrogens is 322 g/mol. The Morgan fingerprint density at radius 2 is 1.54 bits per heavy atom. The molecule has 1 N–H and O–H groups in total. The Labute approximate surface area is 160 Å². The van der Waals surface area contributed by atoms with Crippen LogP contribution in [0.1, 0.15) is 110 Å². The van der Waals surface area contributed by atoms with Crippen molar-refractivity contribution in [1.29, 1.82) is 5.26 Å². The maximum atomic E-state index is 12.2. The van der Waals surface area contributed by atoms with Crippen LogP contribution >= 0.6 is 0 Å². The van der Waals surface area contributed by atoms with Gasteiger partial charge in [-0.3, -0.25) is 4.79 Å². The Bertz CT molecular complexity index is 451. The minimum Gasteiger partial charge on any atom is -0.481 e. The Hall–Kier alpha value is -1.04. The topological polar surface area (TPSA) is 61.1 Å². The summed E-state index contributed by atoms with van der Waals surface area (Å²) in [7, 11) is 0. The highest BCUT2D eigenvalue weighted by Crippen LogP contribution is 2.51. The predicted molar refractivity (Wildman–Crippen MR) is 106 cm³/mol.